The summed E-state index contributed by atoms with van der Waals surface area (Å²) in [5, 5.41) is 8.70. The molecule has 2 aromatic carbocycles. The number of hydrogen-bond acceptors (Lipinski definition) is 5. The molecule has 0 saturated carbocycles. The quantitative estimate of drug-likeness (QED) is 0.191. The number of aryl methyl sites for hydroxylation is 10. The number of aromatic nitrogens is 4. The van der Waals surface area contributed by atoms with Crippen LogP contribution in [0.15, 0.2) is 38.8 Å². The molecular formula is C37H50N4O2S. The summed E-state index contributed by atoms with van der Waals surface area (Å²) < 4.78 is 2.94. The van der Waals surface area contributed by atoms with Crippen molar-refractivity contribution in [2.75, 3.05) is 6.26 Å². The summed E-state index contributed by atoms with van der Waals surface area (Å²) in [5.41, 5.74) is 14.4. The monoisotopic (exact) mass is 614 g/mol. The van der Waals surface area contributed by atoms with Crippen molar-refractivity contribution in [3.63, 3.8) is 0 Å². The van der Waals surface area contributed by atoms with E-state index >= 15 is 0 Å². The predicted molar refractivity (Wildman–Crippen MR) is 187 cm³/mol. The first-order chi connectivity index (χ1) is 20.9. The van der Waals surface area contributed by atoms with Crippen LogP contribution in [0, 0.1) is 27.7 Å². The summed E-state index contributed by atoms with van der Waals surface area (Å²) in [4.78, 5) is 26.6. The summed E-state index contributed by atoms with van der Waals surface area (Å²) >= 11 is 1.61. The Morgan fingerprint density at radius 1 is 0.568 bits per heavy atom. The second-order valence-corrected chi connectivity index (χ2v) is 12.3. The van der Waals surface area contributed by atoms with Gasteiger partial charge in [-0.05, 0) is 105 Å². The summed E-state index contributed by atoms with van der Waals surface area (Å²) in [6.07, 6.45) is 6.53. The number of rotatable bonds is 8. The van der Waals surface area contributed by atoms with Crippen molar-refractivity contribution in [1.29, 1.82) is 0 Å². The summed E-state index contributed by atoms with van der Waals surface area (Å²) in [6, 6.07) is 8.83. The third kappa shape index (κ3) is 6.93. The van der Waals surface area contributed by atoms with Gasteiger partial charge < -0.3 is 0 Å². The Balaban J connectivity index is 0.000000240. The standard InChI is InChI=1S/C19H26N2O.C18H24N2OS/c1-7-14-10-12(4)11-15(8-2)17(14)18-16(9-3)13(5)20-21(6)19(18)22;1-7-13-9-11(3)10-14(8-2)15(13)16-17(22-6)12(4)19-20(5)18(16)21/h10-11H,7-9H2,1-6H3;9-10H,7-8H2,1-6H3. The van der Waals surface area contributed by atoms with Crippen LogP contribution in [0.3, 0.4) is 0 Å². The number of thioether (sulfide) groups is 1. The van der Waals surface area contributed by atoms with Gasteiger partial charge in [0.25, 0.3) is 11.1 Å². The van der Waals surface area contributed by atoms with Crippen LogP contribution in [-0.4, -0.2) is 25.8 Å². The highest BCUT2D eigenvalue weighted by Crippen LogP contribution is 2.35. The lowest BCUT2D eigenvalue weighted by atomic mass is 9.87. The molecule has 2 aromatic heterocycles. The molecule has 2 heterocycles. The van der Waals surface area contributed by atoms with Gasteiger partial charge in [0.1, 0.15) is 0 Å². The van der Waals surface area contributed by atoms with Gasteiger partial charge >= 0.3 is 0 Å². The molecule has 0 radical (unpaired) electrons. The number of benzene rings is 2. The van der Waals surface area contributed by atoms with Crippen LogP contribution in [0.5, 0.6) is 0 Å². The summed E-state index contributed by atoms with van der Waals surface area (Å²) in [5.74, 6) is 0. The van der Waals surface area contributed by atoms with E-state index in [1.165, 1.54) is 42.7 Å². The minimum Gasteiger partial charge on any atom is -0.267 e. The fourth-order valence-corrected chi connectivity index (χ4v) is 7.09. The van der Waals surface area contributed by atoms with E-state index < -0.39 is 0 Å². The van der Waals surface area contributed by atoms with Crippen LogP contribution >= 0.6 is 11.8 Å². The maximum atomic E-state index is 12.8. The fraction of sp³-hybridized carbons (Fsp3) is 0.459. The van der Waals surface area contributed by atoms with E-state index in [-0.39, 0.29) is 11.1 Å². The molecule has 0 N–H and O–H groups in total. The first-order valence-electron chi connectivity index (χ1n) is 15.8. The highest BCUT2D eigenvalue weighted by atomic mass is 32.2. The number of nitrogens with zero attached hydrogens (tertiary/aromatic N) is 4. The highest BCUT2D eigenvalue weighted by molar-refractivity contribution is 7.98. The van der Waals surface area contributed by atoms with E-state index in [0.29, 0.717) is 0 Å². The number of hydrogen-bond donors (Lipinski definition) is 0. The van der Waals surface area contributed by atoms with Crippen molar-refractivity contribution < 1.29 is 0 Å². The van der Waals surface area contributed by atoms with Crippen LogP contribution in [-0.2, 0) is 46.2 Å². The zero-order valence-corrected chi connectivity index (χ0v) is 29.7. The topological polar surface area (TPSA) is 69.8 Å². The smallest absolute Gasteiger partial charge is 0.267 e. The predicted octanol–water partition coefficient (Wildman–Crippen LogP) is 7.66. The molecule has 4 aromatic rings. The van der Waals surface area contributed by atoms with Crippen LogP contribution in [0.4, 0.5) is 0 Å². The Morgan fingerprint density at radius 2 is 0.932 bits per heavy atom. The molecule has 6 nitrogen and oxygen atoms in total. The molecule has 0 bridgehead atoms. The third-order valence-corrected chi connectivity index (χ3v) is 9.29. The van der Waals surface area contributed by atoms with E-state index in [0.717, 1.165) is 76.2 Å². The van der Waals surface area contributed by atoms with E-state index in [1.54, 1.807) is 25.9 Å². The highest BCUT2D eigenvalue weighted by Gasteiger charge is 2.21. The molecular weight excluding hydrogens is 565 g/mol. The fourth-order valence-electron chi connectivity index (χ4n) is 6.36. The summed E-state index contributed by atoms with van der Waals surface area (Å²) in [7, 11) is 3.47. The Kier molecular flexibility index (Phi) is 12.0. The normalized spacial score (nSPS) is 11.0. The first-order valence-corrected chi connectivity index (χ1v) is 17.0. The molecule has 0 atom stereocenters. The lowest BCUT2D eigenvalue weighted by Crippen LogP contribution is -2.25. The average Bonchev–Trinajstić information content (AvgIpc) is 3.00. The van der Waals surface area contributed by atoms with Gasteiger partial charge in [0.15, 0.2) is 0 Å². The van der Waals surface area contributed by atoms with Gasteiger partial charge in [-0.3, -0.25) is 9.59 Å². The van der Waals surface area contributed by atoms with Crippen LogP contribution in [0.1, 0.15) is 85.0 Å². The Hall–Kier alpha value is -3.45. The summed E-state index contributed by atoms with van der Waals surface area (Å²) in [6.45, 7) is 18.9. The second kappa shape index (κ2) is 15.0. The van der Waals surface area contributed by atoms with E-state index in [2.05, 4.69) is 82.9 Å². The van der Waals surface area contributed by atoms with Crippen molar-refractivity contribution in [2.45, 2.75) is 99.3 Å². The molecule has 0 spiro atoms. The molecule has 0 aliphatic rings. The molecule has 7 heteroatoms. The Morgan fingerprint density at radius 3 is 1.30 bits per heavy atom. The maximum Gasteiger partial charge on any atom is 0.275 e. The van der Waals surface area contributed by atoms with Crippen molar-refractivity contribution in [2.24, 2.45) is 14.1 Å². The lowest BCUT2D eigenvalue weighted by molar-refractivity contribution is 0.681. The minimum atomic E-state index is -0.0109. The van der Waals surface area contributed by atoms with Gasteiger partial charge in [-0.15, -0.1) is 11.8 Å². The van der Waals surface area contributed by atoms with Crippen LogP contribution in [0.2, 0.25) is 0 Å². The minimum absolute atomic E-state index is 0.00991. The zero-order valence-electron chi connectivity index (χ0n) is 28.9. The average molecular weight is 615 g/mol. The van der Waals surface area contributed by atoms with Crippen molar-refractivity contribution >= 4 is 11.8 Å². The van der Waals surface area contributed by atoms with E-state index in [9.17, 15) is 9.59 Å². The lowest BCUT2D eigenvalue weighted by Gasteiger charge is -2.18. The Bertz CT molecular complexity index is 1600. The van der Waals surface area contributed by atoms with Gasteiger partial charge in [0.2, 0.25) is 0 Å². The van der Waals surface area contributed by atoms with Gasteiger partial charge in [0, 0.05) is 19.0 Å². The van der Waals surface area contributed by atoms with E-state index in [1.807, 2.05) is 20.1 Å². The maximum absolute atomic E-state index is 12.8. The van der Waals surface area contributed by atoms with Gasteiger partial charge in [-0.1, -0.05) is 70.0 Å². The molecule has 0 amide bonds. The van der Waals surface area contributed by atoms with Gasteiger partial charge in [0.05, 0.1) is 22.5 Å². The molecule has 0 aliphatic carbocycles. The second-order valence-electron chi connectivity index (χ2n) is 11.5. The van der Waals surface area contributed by atoms with Crippen molar-refractivity contribution in [1.82, 2.24) is 19.6 Å². The van der Waals surface area contributed by atoms with Gasteiger partial charge in [-0.2, -0.15) is 10.2 Å². The molecule has 0 saturated heterocycles. The van der Waals surface area contributed by atoms with Crippen LogP contribution < -0.4 is 11.1 Å². The van der Waals surface area contributed by atoms with Crippen molar-refractivity contribution in [3.8, 4) is 22.3 Å². The molecule has 44 heavy (non-hydrogen) atoms. The van der Waals surface area contributed by atoms with Gasteiger partial charge in [-0.25, -0.2) is 9.36 Å². The molecule has 0 fully saturated rings. The SMILES string of the molecule is CCc1cc(C)cc(CC)c1-c1c(CC)c(C)nn(C)c1=O.CCc1cc(C)cc(CC)c1-c1c(SC)c(C)nn(C)c1=O. The first kappa shape index (κ1) is 35.0. The molecule has 236 valence electrons. The van der Waals surface area contributed by atoms with Crippen LogP contribution in [0.25, 0.3) is 22.3 Å². The van der Waals surface area contributed by atoms with E-state index in [4.69, 9.17) is 0 Å². The zero-order chi connectivity index (χ0) is 32.9. The van der Waals surface area contributed by atoms with Crippen molar-refractivity contribution in [3.05, 3.63) is 95.3 Å². The molecule has 4 rings (SSSR count). The Labute approximate surface area is 267 Å². The largest absolute Gasteiger partial charge is 0.275 e. The third-order valence-electron chi connectivity index (χ3n) is 8.38. The molecule has 0 aliphatic heterocycles. The molecule has 0 unspecified atom stereocenters.